The van der Waals surface area contributed by atoms with Crippen molar-refractivity contribution in [1.29, 1.82) is 0 Å². The van der Waals surface area contributed by atoms with Crippen molar-refractivity contribution >= 4 is 11.0 Å². The van der Waals surface area contributed by atoms with Gasteiger partial charge in [-0.25, -0.2) is 0 Å². The molecule has 0 amide bonds. The lowest BCUT2D eigenvalue weighted by Gasteiger charge is -2.20. The van der Waals surface area contributed by atoms with Crippen LogP contribution in [-0.4, -0.2) is 20.3 Å². The number of hydrogen-bond acceptors (Lipinski definition) is 3. The highest BCUT2D eigenvalue weighted by Gasteiger charge is 2.18. The van der Waals surface area contributed by atoms with Crippen molar-refractivity contribution in [2.75, 3.05) is 20.3 Å². The molecule has 0 saturated carbocycles. The molecule has 0 bridgehead atoms. The van der Waals surface area contributed by atoms with Gasteiger partial charge in [0.15, 0.2) is 0 Å². The third-order valence-electron chi connectivity index (χ3n) is 3.76. The van der Waals surface area contributed by atoms with E-state index in [1.54, 1.807) is 7.11 Å². The van der Waals surface area contributed by atoms with E-state index in [9.17, 15) is 0 Å². The van der Waals surface area contributed by atoms with Gasteiger partial charge in [0.25, 0.3) is 0 Å². The van der Waals surface area contributed by atoms with E-state index < -0.39 is 0 Å². The zero-order chi connectivity index (χ0) is 15.2. The normalized spacial score (nSPS) is 14.5. The minimum absolute atomic E-state index is 0.253. The van der Waals surface area contributed by atoms with E-state index in [0.717, 1.165) is 37.3 Å². The van der Waals surface area contributed by atoms with Crippen LogP contribution in [0.3, 0.4) is 0 Å². The van der Waals surface area contributed by atoms with Gasteiger partial charge in [0, 0.05) is 19.1 Å². The number of nitrogens with one attached hydrogen (secondary N) is 1. The van der Waals surface area contributed by atoms with Gasteiger partial charge in [-0.1, -0.05) is 25.5 Å². The van der Waals surface area contributed by atoms with Gasteiger partial charge in [0.05, 0.1) is 6.04 Å². The maximum absolute atomic E-state index is 6.06. The summed E-state index contributed by atoms with van der Waals surface area (Å²) < 4.78 is 11.3. The molecule has 0 spiro atoms. The molecule has 1 aromatic heterocycles. The van der Waals surface area contributed by atoms with Gasteiger partial charge in [-0.2, -0.15) is 0 Å². The largest absolute Gasteiger partial charge is 0.459 e. The number of hydrogen-bond donors (Lipinski definition) is 1. The summed E-state index contributed by atoms with van der Waals surface area (Å²) >= 11 is 0. The van der Waals surface area contributed by atoms with Crippen molar-refractivity contribution in [3.8, 4) is 0 Å². The average molecular weight is 289 g/mol. The van der Waals surface area contributed by atoms with Crippen LogP contribution in [0.4, 0.5) is 0 Å². The summed E-state index contributed by atoms with van der Waals surface area (Å²) in [6.45, 7) is 8.30. The number of benzene rings is 1. The Labute approximate surface area is 127 Å². The molecule has 3 nitrogen and oxygen atoms in total. The van der Waals surface area contributed by atoms with E-state index in [-0.39, 0.29) is 6.04 Å². The molecule has 0 radical (unpaired) electrons. The van der Waals surface area contributed by atoms with Crippen molar-refractivity contribution in [2.45, 2.75) is 39.7 Å². The lowest BCUT2D eigenvalue weighted by Crippen LogP contribution is -2.24. The molecule has 1 N–H and O–H groups in total. The first-order chi connectivity index (χ1) is 10.1. The molecular formula is C18H27NO2. The van der Waals surface area contributed by atoms with Crippen LogP contribution in [0.15, 0.2) is 28.7 Å². The highest BCUT2D eigenvalue weighted by molar-refractivity contribution is 5.78. The molecule has 2 unspecified atom stereocenters. The fourth-order valence-electron chi connectivity index (χ4n) is 2.73. The van der Waals surface area contributed by atoms with Gasteiger partial charge in [-0.3, -0.25) is 0 Å². The molecule has 2 atom stereocenters. The Balaban J connectivity index is 2.20. The molecular weight excluding hydrogens is 262 g/mol. The SMILES string of the molecule is CCCNC(CC(C)COC)c1cc2cc(C)ccc2o1. The minimum Gasteiger partial charge on any atom is -0.459 e. The molecule has 1 aromatic carbocycles. The van der Waals surface area contributed by atoms with Crippen molar-refractivity contribution in [1.82, 2.24) is 5.32 Å². The van der Waals surface area contributed by atoms with Gasteiger partial charge in [0.2, 0.25) is 0 Å². The first-order valence-electron chi connectivity index (χ1n) is 7.86. The second-order valence-corrected chi connectivity index (χ2v) is 5.99. The molecule has 0 aliphatic carbocycles. The third-order valence-corrected chi connectivity index (χ3v) is 3.76. The maximum Gasteiger partial charge on any atom is 0.134 e. The highest BCUT2D eigenvalue weighted by Crippen LogP contribution is 2.28. The van der Waals surface area contributed by atoms with Gasteiger partial charge in [-0.05, 0) is 50.4 Å². The number of rotatable bonds is 8. The first-order valence-corrected chi connectivity index (χ1v) is 7.86. The minimum atomic E-state index is 0.253. The van der Waals surface area contributed by atoms with E-state index >= 15 is 0 Å². The van der Waals surface area contributed by atoms with Gasteiger partial charge >= 0.3 is 0 Å². The van der Waals surface area contributed by atoms with Gasteiger partial charge < -0.3 is 14.5 Å². The molecule has 21 heavy (non-hydrogen) atoms. The van der Waals surface area contributed by atoms with E-state index in [1.807, 2.05) is 0 Å². The van der Waals surface area contributed by atoms with Crippen molar-refractivity contribution in [3.05, 3.63) is 35.6 Å². The molecule has 2 aromatic rings. The van der Waals surface area contributed by atoms with Gasteiger partial charge in [0.1, 0.15) is 11.3 Å². The molecule has 1 heterocycles. The van der Waals surface area contributed by atoms with E-state index in [1.165, 1.54) is 10.9 Å². The summed E-state index contributed by atoms with van der Waals surface area (Å²) in [7, 11) is 1.76. The molecule has 116 valence electrons. The molecule has 0 aliphatic rings. The first kappa shape index (κ1) is 16.1. The number of methoxy groups -OCH3 is 1. The summed E-state index contributed by atoms with van der Waals surface area (Å²) in [5.41, 5.74) is 2.24. The van der Waals surface area contributed by atoms with Crippen LogP contribution in [0.25, 0.3) is 11.0 Å². The van der Waals surface area contributed by atoms with Crippen LogP contribution in [0.2, 0.25) is 0 Å². The molecule has 0 aliphatic heterocycles. The standard InChI is InChI=1S/C18H27NO2/c1-5-8-19-16(10-14(3)12-20-4)18-11-15-9-13(2)6-7-17(15)21-18/h6-7,9,11,14,16,19H,5,8,10,12H2,1-4H3. The molecule has 2 rings (SSSR count). The monoisotopic (exact) mass is 289 g/mol. The van der Waals surface area contributed by atoms with E-state index in [2.05, 4.69) is 50.4 Å². The average Bonchev–Trinajstić information content (AvgIpc) is 2.86. The number of aryl methyl sites for hydroxylation is 1. The van der Waals surface area contributed by atoms with Gasteiger partial charge in [-0.15, -0.1) is 0 Å². The smallest absolute Gasteiger partial charge is 0.134 e. The fraction of sp³-hybridized carbons (Fsp3) is 0.556. The van der Waals surface area contributed by atoms with Crippen molar-refractivity contribution in [2.24, 2.45) is 5.92 Å². The van der Waals surface area contributed by atoms with Crippen molar-refractivity contribution < 1.29 is 9.15 Å². The highest BCUT2D eigenvalue weighted by atomic mass is 16.5. The summed E-state index contributed by atoms with van der Waals surface area (Å²) in [5, 5.41) is 4.79. The summed E-state index contributed by atoms with van der Waals surface area (Å²) in [6, 6.07) is 8.76. The fourth-order valence-corrected chi connectivity index (χ4v) is 2.73. The van der Waals surface area contributed by atoms with Crippen LogP contribution in [0.1, 0.15) is 44.1 Å². The predicted octanol–water partition coefficient (Wildman–Crippen LogP) is 4.45. The van der Waals surface area contributed by atoms with Crippen LogP contribution in [0.5, 0.6) is 0 Å². The Bertz CT molecular complexity index is 561. The van der Waals surface area contributed by atoms with E-state index in [0.29, 0.717) is 5.92 Å². The van der Waals surface area contributed by atoms with E-state index in [4.69, 9.17) is 9.15 Å². The Morgan fingerprint density at radius 3 is 2.81 bits per heavy atom. The maximum atomic E-state index is 6.06. The van der Waals surface area contributed by atoms with Crippen LogP contribution in [0, 0.1) is 12.8 Å². The summed E-state index contributed by atoms with van der Waals surface area (Å²) in [5.74, 6) is 1.53. The Kier molecular flexibility index (Phi) is 5.83. The van der Waals surface area contributed by atoms with Crippen LogP contribution < -0.4 is 5.32 Å². The quantitative estimate of drug-likeness (QED) is 0.779. The number of fused-ring (bicyclic) bond motifs is 1. The number of furan rings is 1. The topological polar surface area (TPSA) is 34.4 Å². The van der Waals surface area contributed by atoms with Crippen LogP contribution >= 0.6 is 0 Å². The summed E-state index contributed by atoms with van der Waals surface area (Å²) in [4.78, 5) is 0. The zero-order valence-corrected chi connectivity index (χ0v) is 13.6. The predicted molar refractivity (Wildman–Crippen MR) is 87.6 cm³/mol. The van der Waals surface area contributed by atoms with Crippen molar-refractivity contribution in [3.63, 3.8) is 0 Å². The zero-order valence-electron chi connectivity index (χ0n) is 13.6. The van der Waals surface area contributed by atoms with Crippen LogP contribution in [-0.2, 0) is 4.74 Å². The Morgan fingerprint density at radius 2 is 2.10 bits per heavy atom. The molecule has 3 heteroatoms. The lowest BCUT2D eigenvalue weighted by molar-refractivity contribution is 0.147. The molecule has 0 fully saturated rings. The molecule has 0 saturated heterocycles. The summed E-state index contributed by atoms with van der Waals surface area (Å²) in [6.07, 6.45) is 2.14. The third kappa shape index (κ3) is 4.32. The lowest BCUT2D eigenvalue weighted by atomic mass is 10.0. The Hall–Kier alpha value is -1.32. The second-order valence-electron chi connectivity index (χ2n) is 5.99. The second kappa shape index (κ2) is 7.62. The Morgan fingerprint density at radius 1 is 1.29 bits per heavy atom. The number of ether oxygens (including phenoxy) is 1.